The SMILES string of the molecule is COc1ccc(/C=C2\Oc3c(ccc(OCc4cc(Cl)cc5c4OCOC5)c3C)C2=O)cc1OC. The van der Waals surface area contributed by atoms with Crippen LogP contribution in [0, 0.1) is 6.92 Å². The van der Waals surface area contributed by atoms with Gasteiger partial charge in [0.1, 0.15) is 23.9 Å². The van der Waals surface area contributed by atoms with E-state index in [4.69, 9.17) is 40.0 Å². The molecule has 5 rings (SSSR count). The molecule has 3 aromatic rings. The second-order valence-corrected chi connectivity index (χ2v) is 8.51. The number of ether oxygens (including phenoxy) is 6. The molecule has 0 fully saturated rings. The summed E-state index contributed by atoms with van der Waals surface area (Å²) in [5.74, 6) is 3.02. The van der Waals surface area contributed by atoms with Crippen LogP contribution in [0.5, 0.6) is 28.7 Å². The molecule has 0 radical (unpaired) electrons. The lowest BCUT2D eigenvalue weighted by atomic mass is 10.1. The Labute approximate surface area is 207 Å². The lowest BCUT2D eigenvalue weighted by Crippen LogP contribution is -2.14. The number of carbonyl (C=O) groups excluding carboxylic acids is 1. The van der Waals surface area contributed by atoms with Gasteiger partial charge in [-0.2, -0.15) is 0 Å². The Balaban J connectivity index is 1.38. The average Bonchev–Trinajstić information content (AvgIpc) is 3.19. The molecule has 0 unspecified atom stereocenters. The van der Waals surface area contributed by atoms with Gasteiger partial charge in [0, 0.05) is 21.7 Å². The molecule has 0 spiro atoms. The van der Waals surface area contributed by atoms with Crippen LogP contribution in [0.4, 0.5) is 0 Å². The van der Waals surface area contributed by atoms with Gasteiger partial charge in [-0.25, -0.2) is 0 Å². The predicted molar refractivity (Wildman–Crippen MR) is 130 cm³/mol. The lowest BCUT2D eigenvalue weighted by molar-refractivity contribution is -0.0175. The summed E-state index contributed by atoms with van der Waals surface area (Å²) in [6, 6.07) is 12.5. The molecule has 0 saturated carbocycles. The quantitative estimate of drug-likeness (QED) is 0.405. The first kappa shape index (κ1) is 23.1. The second-order valence-electron chi connectivity index (χ2n) is 8.07. The van der Waals surface area contributed by atoms with Gasteiger partial charge in [0.05, 0.1) is 26.4 Å². The molecule has 0 bridgehead atoms. The van der Waals surface area contributed by atoms with Gasteiger partial charge in [0.2, 0.25) is 5.78 Å². The number of Topliss-reactive ketones (excluding diaryl/α,β-unsaturated/α-hetero) is 1. The van der Waals surface area contributed by atoms with E-state index in [-0.39, 0.29) is 24.9 Å². The summed E-state index contributed by atoms with van der Waals surface area (Å²) in [5, 5.41) is 0.584. The van der Waals surface area contributed by atoms with E-state index in [1.807, 2.05) is 25.1 Å². The van der Waals surface area contributed by atoms with Crippen molar-refractivity contribution < 1.29 is 33.2 Å². The summed E-state index contributed by atoms with van der Waals surface area (Å²) >= 11 is 6.26. The van der Waals surface area contributed by atoms with Crippen LogP contribution in [0.1, 0.15) is 32.6 Å². The fraction of sp³-hybridized carbons (Fsp3) is 0.222. The van der Waals surface area contributed by atoms with Crippen molar-refractivity contribution in [2.24, 2.45) is 0 Å². The molecule has 0 aromatic heterocycles. The Morgan fingerprint density at radius 1 is 1.00 bits per heavy atom. The van der Waals surface area contributed by atoms with Gasteiger partial charge in [0.25, 0.3) is 0 Å². The summed E-state index contributed by atoms with van der Waals surface area (Å²) < 4.78 is 33.7. The van der Waals surface area contributed by atoms with E-state index in [2.05, 4.69) is 0 Å². The fourth-order valence-electron chi connectivity index (χ4n) is 4.14. The Bertz CT molecular complexity index is 1350. The van der Waals surface area contributed by atoms with E-state index in [0.29, 0.717) is 40.2 Å². The molecule has 0 aliphatic carbocycles. The number of ketones is 1. The first-order valence-corrected chi connectivity index (χ1v) is 11.3. The molecule has 2 heterocycles. The van der Waals surface area contributed by atoms with Crippen LogP contribution >= 0.6 is 11.6 Å². The number of allylic oxidation sites excluding steroid dienone is 1. The van der Waals surface area contributed by atoms with Gasteiger partial charge in [-0.05, 0) is 55.0 Å². The fourth-order valence-corrected chi connectivity index (χ4v) is 4.40. The van der Waals surface area contributed by atoms with Crippen molar-refractivity contribution in [3.63, 3.8) is 0 Å². The van der Waals surface area contributed by atoms with E-state index in [0.717, 1.165) is 28.0 Å². The molecule has 2 aliphatic rings. The van der Waals surface area contributed by atoms with E-state index in [1.54, 1.807) is 44.6 Å². The highest BCUT2D eigenvalue weighted by molar-refractivity contribution is 6.30. The minimum Gasteiger partial charge on any atom is -0.493 e. The van der Waals surface area contributed by atoms with Gasteiger partial charge in [-0.1, -0.05) is 17.7 Å². The first-order valence-electron chi connectivity index (χ1n) is 10.9. The van der Waals surface area contributed by atoms with Crippen molar-refractivity contribution in [3.05, 3.63) is 81.1 Å². The number of methoxy groups -OCH3 is 2. The van der Waals surface area contributed by atoms with Gasteiger partial charge < -0.3 is 28.4 Å². The first-order chi connectivity index (χ1) is 17.0. The van der Waals surface area contributed by atoms with Crippen LogP contribution in [-0.4, -0.2) is 26.8 Å². The maximum Gasteiger partial charge on any atom is 0.231 e. The van der Waals surface area contributed by atoms with Crippen LogP contribution in [0.15, 0.2) is 48.2 Å². The third kappa shape index (κ3) is 4.40. The van der Waals surface area contributed by atoms with Gasteiger partial charge >= 0.3 is 0 Å². The third-order valence-electron chi connectivity index (χ3n) is 5.88. The normalized spacial score (nSPS) is 15.2. The molecule has 3 aromatic carbocycles. The zero-order valence-electron chi connectivity index (χ0n) is 19.5. The molecule has 2 aliphatic heterocycles. The van der Waals surface area contributed by atoms with E-state index < -0.39 is 0 Å². The average molecular weight is 495 g/mol. The molecular weight excluding hydrogens is 472 g/mol. The molecule has 35 heavy (non-hydrogen) atoms. The number of carbonyl (C=O) groups is 1. The number of fused-ring (bicyclic) bond motifs is 2. The predicted octanol–water partition coefficient (Wildman–Crippen LogP) is 5.73. The highest BCUT2D eigenvalue weighted by Crippen LogP contribution is 2.40. The summed E-state index contributed by atoms with van der Waals surface area (Å²) in [6.07, 6.45) is 1.68. The van der Waals surface area contributed by atoms with Crippen LogP contribution in [0.25, 0.3) is 6.08 Å². The van der Waals surface area contributed by atoms with Crippen LogP contribution in [0.3, 0.4) is 0 Å². The van der Waals surface area contributed by atoms with Gasteiger partial charge in [-0.15, -0.1) is 0 Å². The summed E-state index contributed by atoms with van der Waals surface area (Å²) in [7, 11) is 3.13. The number of rotatable bonds is 6. The minimum absolute atomic E-state index is 0.185. The Hall–Kier alpha value is -3.68. The molecular formula is C27H23ClO7. The van der Waals surface area contributed by atoms with E-state index in [9.17, 15) is 4.79 Å². The Morgan fingerprint density at radius 3 is 2.60 bits per heavy atom. The maximum absolute atomic E-state index is 13.0. The van der Waals surface area contributed by atoms with E-state index >= 15 is 0 Å². The number of halogens is 1. The van der Waals surface area contributed by atoms with Crippen molar-refractivity contribution in [3.8, 4) is 28.7 Å². The summed E-state index contributed by atoms with van der Waals surface area (Å²) in [6.45, 7) is 2.72. The molecule has 0 atom stereocenters. The third-order valence-corrected chi connectivity index (χ3v) is 6.10. The topological polar surface area (TPSA) is 72.5 Å². The standard InChI is InChI=1S/C27H23ClO7/c1-15-21(33-13-18-11-19(28)10-17-12-32-14-34-27(17)18)7-5-20-25(29)24(35-26(15)20)9-16-4-6-22(30-2)23(8-16)31-3/h4-11H,12-14H2,1-3H3/b24-9-. The molecule has 0 saturated heterocycles. The van der Waals surface area contributed by atoms with Crippen molar-refractivity contribution in [1.82, 2.24) is 0 Å². The number of hydrogen-bond donors (Lipinski definition) is 0. The smallest absolute Gasteiger partial charge is 0.231 e. The Kier molecular flexibility index (Phi) is 6.28. The molecule has 7 nitrogen and oxygen atoms in total. The molecule has 180 valence electrons. The summed E-state index contributed by atoms with van der Waals surface area (Å²) in [5.41, 5.74) is 3.67. The zero-order valence-corrected chi connectivity index (χ0v) is 20.2. The minimum atomic E-state index is -0.193. The van der Waals surface area contributed by atoms with Crippen LogP contribution in [0.2, 0.25) is 5.02 Å². The van der Waals surface area contributed by atoms with Crippen LogP contribution in [-0.2, 0) is 18.0 Å². The summed E-state index contributed by atoms with van der Waals surface area (Å²) in [4.78, 5) is 13.0. The van der Waals surface area contributed by atoms with Crippen molar-refractivity contribution >= 4 is 23.5 Å². The zero-order chi connectivity index (χ0) is 24.5. The molecule has 8 heteroatoms. The van der Waals surface area contributed by atoms with Crippen LogP contribution < -0.4 is 23.7 Å². The highest BCUT2D eigenvalue weighted by Gasteiger charge is 2.30. The van der Waals surface area contributed by atoms with Gasteiger partial charge in [-0.3, -0.25) is 4.79 Å². The second kappa shape index (κ2) is 9.52. The Morgan fingerprint density at radius 2 is 1.80 bits per heavy atom. The number of hydrogen-bond acceptors (Lipinski definition) is 7. The maximum atomic E-state index is 13.0. The lowest BCUT2D eigenvalue weighted by Gasteiger charge is -2.21. The van der Waals surface area contributed by atoms with Crippen molar-refractivity contribution in [2.45, 2.75) is 20.1 Å². The molecule has 0 amide bonds. The van der Waals surface area contributed by atoms with E-state index in [1.165, 1.54) is 0 Å². The van der Waals surface area contributed by atoms with Gasteiger partial charge in [0.15, 0.2) is 24.1 Å². The molecule has 0 N–H and O–H groups in total. The van der Waals surface area contributed by atoms with Crippen molar-refractivity contribution in [1.29, 1.82) is 0 Å². The monoisotopic (exact) mass is 494 g/mol. The number of benzene rings is 3. The largest absolute Gasteiger partial charge is 0.493 e. The van der Waals surface area contributed by atoms with Crippen molar-refractivity contribution in [2.75, 3.05) is 21.0 Å². The highest BCUT2D eigenvalue weighted by atomic mass is 35.5.